The number of anilines is 2. The van der Waals surface area contributed by atoms with Gasteiger partial charge in [-0.3, -0.25) is 9.69 Å². The number of nitrogens with zero attached hydrogens (tertiary/aromatic N) is 3. The van der Waals surface area contributed by atoms with E-state index in [-0.39, 0.29) is 17.5 Å². The predicted octanol–water partition coefficient (Wildman–Crippen LogP) is 4.92. The lowest BCUT2D eigenvalue weighted by molar-refractivity contribution is -0.137. The molecule has 31 heavy (non-hydrogen) atoms. The molecule has 5 nitrogen and oxygen atoms in total. The molecule has 3 heterocycles. The van der Waals surface area contributed by atoms with Crippen molar-refractivity contribution < 1.29 is 18.0 Å². The summed E-state index contributed by atoms with van der Waals surface area (Å²) in [5.74, 6) is -0.390. The van der Waals surface area contributed by atoms with Crippen molar-refractivity contribution in [2.45, 2.75) is 45.3 Å². The van der Waals surface area contributed by atoms with Crippen LogP contribution in [0.3, 0.4) is 0 Å². The molecule has 0 unspecified atom stereocenters. The molecule has 0 saturated carbocycles. The van der Waals surface area contributed by atoms with Crippen molar-refractivity contribution in [1.29, 1.82) is 0 Å². The molecule has 0 aliphatic carbocycles. The number of nitrogens with one attached hydrogen (secondary N) is 1. The van der Waals surface area contributed by atoms with Crippen LogP contribution in [0.2, 0.25) is 0 Å². The van der Waals surface area contributed by atoms with Crippen LogP contribution in [0.25, 0.3) is 0 Å². The van der Waals surface area contributed by atoms with Gasteiger partial charge in [0, 0.05) is 30.9 Å². The predicted molar refractivity (Wildman–Crippen MR) is 116 cm³/mol. The summed E-state index contributed by atoms with van der Waals surface area (Å²) in [6, 6.07) is 3.66. The van der Waals surface area contributed by atoms with Crippen LogP contribution in [0.15, 0.2) is 23.6 Å². The number of carbonyl (C=O) groups is 1. The lowest BCUT2D eigenvalue weighted by atomic mass is 9.95. The number of rotatable bonds is 5. The summed E-state index contributed by atoms with van der Waals surface area (Å²) in [6.45, 7) is 5.89. The minimum absolute atomic E-state index is 0.191. The van der Waals surface area contributed by atoms with Gasteiger partial charge in [0.25, 0.3) is 0 Å². The third kappa shape index (κ3) is 5.38. The number of hydrogen-bond acceptors (Lipinski definition) is 5. The maximum Gasteiger partial charge on any atom is 0.416 e. The number of piperidine rings is 1. The Bertz CT molecular complexity index is 916. The van der Waals surface area contributed by atoms with E-state index in [0.717, 1.165) is 68.4 Å². The summed E-state index contributed by atoms with van der Waals surface area (Å²) in [4.78, 5) is 21.7. The van der Waals surface area contributed by atoms with Crippen molar-refractivity contribution in [3.8, 4) is 0 Å². The number of benzene rings is 1. The second-order valence-electron chi connectivity index (χ2n) is 8.32. The molecule has 1 amide bonds. The fourth-order valence-corrected chi connectivity index (χ4v) is 4.95. The number of hydrogen-bond donors (Lipinski definition) is 1. The van der Waals surface area contributed by atoms with Gasteiger partial charge in [-0.05, 0) is 63.9 Å². The van der Waals surface area contributed by atoms with Gasteiger partial charge in [0.05, 0.1) is 27.6 Å². The number of amides is 1. The number of carbonyl (C=O) groups excluding carboxylic acids is 1. The second-order valence-corrected chi connectivity index (χ2v) is 9.38. The number of aromatic nitrogens is 1. The fraction of sp³-hybridized carbons (Fsp3) is 0.545. The average molecular weight is 453 g/mol. The molecule has 0 bridgehead atoms. The largest absolute Gasteiger partial charge is 0.416 e. The quantitative estimate of drug-likeness (QED) is 0.700. The lowest BCUT2D eigenvalue weighted by Crippen LogP contribution is -2.38. The van der Waals surface area contributed by atoms with Gasteiger partial charge in [-0.25, -0.2) is 4.98 Å². The van der Waals surface area contributed by atoms with Gasteiger partial charge in [0.1, 0.15) is 0 Å². The molecule has 0 atom stereocenters. The molecule has 2 saturated heterocycles. The average Bonchev–Trinajstić information content (AvgIpc) is 3.40. The monoisotopic (exact) mass is 452 g/mol. The van der Waals surface area contributed by atoms with Crippen LogP contribution in [0, 0.1) is 12.8 Å². The summed E-state index contributed by atoms with van der Waals surface area (Å²) in [6.07, 6.45) is -1.06. The van der Waals surface area contributed by atoms with E-state index in [1.807, 2.05) is 11.8 Å². The Morgan fingerprint density at radius 2 is 1.90 bits per heavy atom. The molecule has 2 aromatic rings. The lowest BCUT2D eigenvalue weighted by Gasteiger charge is -2.31. The molecular formula is C22H27F3N4OS. The number of thiazole rings is 1. The van der Waals surface area contributed by atoms with Crippen molar-refractivity contribution in [1.82, 2.24) is 9.88 Å². The summed E-state index contributed by atoms with van der Waals surface area (Å²) < 4.78 is 39.8. The number of likely N-dealkylation sites (tertiary alicyclic amines) is 1. The van der Waals surface area contributed by atoms with Crippen LogP contribution in [0.4, 0.5) is 24.5 Å². The Labute approximate surface area is 184 Å². The minimum atomic E-state index is -4.44. The number of halogens is 3. The zero-order chi connectivity index (χ0) is 22.0. The molecule has 2 aliphatic heterocycles. The van der Waals surface area contributed by atoms with Crippen molar-refractivity contribution in [2.75, 3.05) is 36.4 Å². The topological polar surface area (TPSA) is 48.5 Å². The first-order valence-corrected chi connectivity index (χ1v) is 11.6. The summed E-state index contributed by atoms with van der Waals surface area (Å²) >= 11 is 1.63. The SMILES string of the molecule is Cc1nc(CN2CCC(C(=O)Nc3cc(C(F)(F)F)ccc3N3CCCC3)CC2)cs1. The van der Waals surface area contributed by atoms with E-state index in [1.165, 1.54) is 6.07 Å². The van der Waals surface area contributed by atoms with E-state index >= 15 is 0 Å². The molecular weight excluding hydrogens is 425 g/mol. The van der Waals surface area contributed by atoms with Crippen LogP contribution in [-0.2, 0) is 17.5 Å². The molecule has 0 spiro atoms. The number of alkyl halides is 3. The van der Waals surface area contributed by atoms with E-state index in [0.29, 0.717) is 18.5 Å². The van der Waals surface area contributed by atoms with Gasteiger partial charge < -0.3 is 10.2 Å². The maximum atomic E-state index is 13.3. The highest BCUT2D eigenvalue weighted by Gasteiger charge is 2.33. The standard InChI is InChI=1S/C22H27F3N4OS/c1-15-26-18(14-31-15)13-28-10-6-16(7-11-28)21(30)27-19-12-17(22(23,24)25)4-5-20(19)29-8-2-3-9-29/h4-5,12,14,16H,2-3,6-11,13H2,1H3,(H,27,30). The van der Waals surface area contributed by atoms with Crippen LogP contribution < -0.4 is 10.2 Å². The summed E-state index contributed by atoms with van der Waals surface area (Å²) in [5, 5.41) is 5.93. The third-order valence-electron chi connectivity index (χ3n) is 6.04. The molecule has 2 aliphatic rings. The second kappa shape index (κ2) is 9.16. The summed E-state index contributed by atoms with van der Waals surface area (Å²) in [5.41, 5.74) is 1.25. The normalized spacial score (nSPS) is 18.5. The van der Waals surface area contributed by atoms with Crippen molar-refractivity contribution >= 4 is 28.6 Å². The Morgan fingerprint density at radius 3 is 2.52 bits per heavy atom. The first-order valence-electron chi connectivity index (χ1n) is 10.7. The van der Waals surface area contributed by atoms with E-state index in [4.69, 9.17) is 0 Å². The maximum absolute atomic E-state index is 13.3. The highest BCUT2D eigenvalue weighted by Crippen LogP contribution is 2.37. The highest BCUT2D eigenvalue weighted by molar-refractivity contribution is 7.09. The van der Waals surface area contributed by atoms with Crippen LogP contribution >= 0.6 is 11.3 Å². The van der Waals surface area contributed by atoms with Crippen molar-refractivity contribution in [2.24, 2.45) is 5.92 Å². The van der Waals surface area contributed by atoms with Gasteiger partial charge in [-0.1, -0.05) is 0 Å². The molecule has 168 valence electrons. The Hall–Kier alpha value is -2.13. The Kier molecular flexibility index (Phi) is 6.52. The molecule has 1 aromatic carbocycles. The van der Waals surface area contributed by atoms with Gasteiger partial charge in [-0.2, -0.15) is 13.2 Å². The first-order chi connectivity index (χ1) is 14.8. The zero-order valence-corrected chi connectivity index (χ0v) is 18.4. The van der Waals surface area contributed by atoms with Gasteiger partial charge in [0.15, 0.2) is 0 Å². The van der Waals surface area contributed by atoms with E-state index in [2.05, 4.69) is 20.6 Å². The molecule has 4 rings (SSSR count). The molecule has 1 N–H and O–H groups in total. The molecule has 2 fully saturated rings. The van der Waals surface area contributed by atoms with Crippen LogP contribution in [0.5, 0.6) is 0 Å². The third-order valence-corrected chi connectivity index (χ3v) is 6.86. The van der Waals surface area contributed by atoms with Gasteiger partial charge >= 0.3 is 6.18 Å². The number of aryl methyl sites for hydroxylation is 1. The summed E-state index contributed by atoms with van der Waals surface area (Å²) in [7, 11) is 0. The molecule has 0 radical (unpaired) electrons. The van der Waals surface area contributed by atoms with Crippen molar-refractivity contribution in [3.05, 3.63) is 39.8 Å². The van der Waals surface area contributed by atoms with Crippen LogP contribution in [-0.4, -0.2) is 42.0 Å². The van der Waals surface area contributed by atoms with Gasteiger partial charge in [0.2, 0.25) is 5.91 Å². The van der Waals surface area contributed by atoms with Crippen molar-refractivity contribution in [3.63, 3.8) is 0 Å². The Morgan fingerprint density at radius 1 is 1.19 bits per heavy atom. The van der Waals surface area contributed by atoms with E-state index < -0.39 is 11.7 Å². The molecule has 1 aromatic heterocycles. The zero-order valence-electron chi connectivity index (χ0n) is 17.5. The smallest absolute Gasteiger partial charge is 0.370 e. The van der Waals surface area contributed by atoms with Gasteiger partial charge in [-0.15, -0.1) is 11.3 Å². The molecule has 9 heteroatoms. The van der Waals surface area contributed by atoms with E-state index in [1.54, 1.807) is 11.3 Å². The fourth-order valence-electron chi connectivity index (χ4n) is 4.34. The first kappa shape index (κ1) is 22.1. The van der Waals surface area contributed by atoms with Crippen LogP contribution in [0.1, 0.15) is 41.9 Å². The highest BCUT2D eigenvalue weighted by atomic mass is 32.1. The minimum Gasteiger partial charge on any atom is -0.370 e. The van der Waals surface area contributed by atoms with E-state index in [9.17, 15) is 18.0 Å². The Balaban J connectivity index is 1.41.